The van der Waals surface area contributed by atoms with Gasteiger partial charge in [0.2, 0.25) is 5.91 Å². The van der Waals surface area contributed by atoms with Gasteiger partial charge in [-0.1, -0.05) is 37.3 Å². The van der Waals surface area contributed by atoms with Gasteiger partial charge in [0.25, 0.3) is 0 Å². The fraction of sp³-hybridized carbons (Fsp3) is 0.375. The number of amides is 1. The van der Waals surface area contributed by atoms with Crippen LogP contribution in [0.25, 0.3) is 10.6 Å². The summed E-state index contributed by atoms with van der Waals surface area (Å²) in [6.07, 6.45) is 0.737. The maximum atomic E-state index is 11.8. The predicted octanol–water partition coefficient (Wildman–Crippen LogP) is 2.87. The fourth-order valence-corrected chi connectivity index (χ4v) is 2.71. The first-order chi connectivity index (χ1) is 10.1. The number of nitrogens with two attached hydrogens (primary N) is 1. The molecule has 0 bridgehead atoms. The molecule has 0 aliphatic heterocycles. The number of aromatic nitrogens is 1. The van der Waals surface area contributed by atoms with E-state index in [-0.39, 0.29) is 30.3 Å². The van der Waals surface area contributed by atoms with Crippen LogP contribution in [0.3, 0.4) is 0 Å². The summed E-state index contributed by atoms with van der Waals surface area (Å²) >= 11 is 1.63. The third kappa shape index (κ3) is 5.09. The van der Waals surface area contributed by atoms with Gasteiger partial charge in [-0.3, -0.25) is 4.79 Å². The number of nitrogens with zero attached hydrogens (tertiary/aromatic N) is 1. The first-order valence-electron chi connectivity index (χ1n) is 7.11. The van der Waals surface area contributed by atoms with Crippen LogP contribution in [-0.2, 0) is 11.2 Å². The highest BCUT2D eigenvalue weighted by molar-refractivity contribution is 7.13. The minimum absolute atomic E-state index is 0. The molecule has 2 atom stereocenters. The van der Waals surface area contributed by atoms with Crippen LogP contribution in [0.1, 0.15) is 19.5 Å². The monoisotopic (exact) mass is 339 g/mol. The maximum absolute atomic E-state index is 11.8. The van der Waals surface area contributed by atoms with Crippen LogP contribution in [0, 0.1) is 5.92 Å². The molecule has 0 fully saturated rings. The fourth-order valence-electron chi connectivity index (χ4n) is 1.85. The van der Waals surface area contributed by atoms with Gasteiger partial charge in [-0.25, -0.2) is 4.98 Å². The molecule has 0 aliphatic carbocycles. The summed E-state index contributed by atoms with van der Waals surface area (Å²) in [5, 5.41) is 5.97. The molecule has 3 N–H and O–H groups in total. The summed E-state index contributed by atoms with van der Waals surface area (Å²) in [6.45, 7) is 4.28. The largest absolute Gasteiger partial charge is 0.355 e. The van der Waals surface area contributed by atoms with Crippen LogP contribution in [0.5, 0.6) is 0 Å². The average Bonchev–Trinajstić information content (AvgIpc) is 2.96. The van der Waals surface area contributed by atoms with Gasteiger partial charge < -0.3 is 11.1 Å². The number of hydrogen-bond donors (Lipinski definition) is 2. The summed E-state index contributed by atoms with van der Waals surface area (Å²) in [6, 6.07) is 9.98. The molecule has 22 heavy (non-hydrogen) atoms. The van der Waals surface area contributed by atoms with Crippen molar-refractivity contribution in [2.45, 2.75) is 26.3 Å². The minimum atomic E-state index is -0.166. The van der Waals surface area contributed by atoms with Crippen molar-refractivity contribution in [1.82, 2.24) is 10.3 Å². The van der Waals surface area contributed by atoms with E-state index in [1.165, 1.54) is 0 Å². The van der Waals surface area contributed by atoms with Crippen LogP contribution < -0.4 is 11.1 Å². The highest BCUT2D eigenvalue weighted by Crippen LogP contribution is 2.23. The van der Waals surface area contributed by atoms with E-state index >= 15 is 0 Å². The van der Waals surface area contributed by atoms with E-state index < -0.39 is 0 Å². The van der Waals surface area contributed by atoms with Crippen molar-refractivity contribution in [3.8, 4) is 10.6 Å². The van der Waals surface area contributed by atoms with Gasteiger partial charge in [0, 0.05) is 35.9 Å². The van der Waals surface area contributed by atoms with Crippen molar-refractivity contribution >= 4 is 29.7 Å². The Balaban J connectivity index is 0.00000242. The Morgan fingerprint density at radius 2 is 2.00 bits per heavy atom. The zero-order chi connectivity index (χ0) is 15.2. The normalized spacial score (nSPS) is 13.0. The van der Waals surface area contributed by atoms with E-state index in [1.54, 1.807) is 11.3 Å². The third-order valence-corrected chi connectivity index (χ3v) is 4.40. The highest BCUT2D eigenvalue weighted by atomic mass is 35.5. The second-order valence-electron chi connectivity index (χ2n) is 5.20. The SMILES string of the molecule is CC(N)C(C)C(=O)NCCc1csc(-c2ccccc2)n1.Cl. The number of rotatable bonds is 6. The topological polar surface area (TPSA) is 68.0 Å². The Bertz CT molecular complexity index is 586. The van der Waals surface area contributed by atoms with Gasteiger partial charge in [-0.15, -0.1) is 23.7 Å². The van der Waals surface area contributed by atoms with Crippen molar-refractivity contribution in [3.05, 3.63) is 41.4 Å². The summed E-state index contributed by atoms with van der Waals surface area (Å²) < 4.78 is 0. The molecule has 0 saturated heterocycles. The highest BCUT2D eigenvalue weighted by Gasteiger charge is 2.16. The third-order valence-electron chi connectivity index (χ3n) is 3.46. The van der Waals surface area contributed by atoms with E-state index in [2.05, 4.69) is 22.4 Å². The Morgan fingerprint density at radius 3 is 2.64 bits per heavy atom. The maximum Gasteiger partial charge on any atom is 0.224 e. The molecule has 1 aromatic carbocycles. The zero-order valence-electron chi connectivity index (χ0n) is 12.8. The van der Waals surface area contributed by atoms with E-state index in [1.807, 2.05) is 37.4 Å². The number of carbonyl (C=O) groups excluding carboxylic acids is 1. The van der Waals surface area contributed by atoms with Crippen LogP contribution in [0.15, 0.2) is 35.7 Å². The minimum Gasteiger partial charge on any atom is -0.355 e. The Kier molecular flexibility index (Phi) is 7.51. The lowest BCUT2D eigenvalue weighted by Gasteiger charge is -2.14. The lowest BCUT2D eigenvalue weighted by atomic mass is 10.0. The van der Waals surface area contributed by atoms with Crippen molar-refractivity contribution in [1.29, 1.82) is 0 Å². The van der Waals surface area contributed by atoms with Gasteiger partial charge in [0.15, 0.2) is 0 Å². The lowest BCUT2D eigenvalue weighted by molar-refractivity contribution is -0.124. The smallest absolute Gasteiger partial charge is 0.224 e. The summed E-state index contributed by atoms with van der Waals surface area (Å²) in [4.78, 5) is 16.4. The molecule has 0 spiro atoms. The van der Waals surface area contributed by atoms with Gasteiger partial charge >= 0.3 is 0 Å². The molecule has 0 saturated carbocycles. The molecule has 2 aromatic rings. The predicted molar refractivity (Wildman–Crippen MR) is 94.3 cm³/mol. The molecule has 120 valence electrons. The Hall–Kier alpha value is -1.43. The van der Waals surface area contributed by atoms with Gasteiger partial charge in [-0.05, 0) is 6.92 Å². The Labute approximate surface area is 141 Å². The summed E-state index contributed by atoms with van der Waals surface area (Å²) in [5.74, 6) is -0.163. The van der Waals surface area contributed by atoms with Crippen molar-refractivity contribution in [2.75, 3.05) is 6.54 Å². The first-order valence-corrected chi connectivity index (χ1v) is 7.99. The second kappa shape index (κ2) is 8.88. The molecule has 4 nitrogen and oxygen atoms in total. The van der Waals surface area contributed by atoms with Crippen LogP contribution >= 0.6 is 23.7 Å². The van der Waals surface area contributed by atoms with Crippen molar-refractivity contribution in [3.63, 3.8) is 0 Å². The molecule has 2 rings (SSSR count). The number of thiazole rings is 1. The van der Waals surface area contributed by atoms with Crippen LogP contribution in [0.4, 0.5) is 0 Å². The van der Waals surface area contributed by atoms with Crippen molar-refractivity contribution in [2.24, 2.45) is 11.7 Å². The molecule has 6 heteroatoms. The Morgan fingerprint density at radius 1 is 1.32 bits per heavy atom. The number of halogens is 1. The molecular formula is C16H22ClN3OS. The van der Waals surface area contributed by atoms with Gasteiger partial charge in [0.1, 0.15) is 5.01 Å². The van der Waals surface area contributed by atoms with E-state index in [9.17, 15) is 4.79 Å². The molecule has 1 amide bonds. The average molecular weight is 340 g/mol. The lowest BCUT2D eigenvalue weighted by Crippen LogP contribution is -2.39. The van der Waals surface area contributed by atoms with Crippen LogP contribution in [0.2, 0.25) is 0 Å². The second-order valence-corrected chi connectivity index (χ2v) is 6.06. The van der Waals surface area contributed by atoms with Crippen molar-refractivity contribution < 1.29 is 4.79 Å². The summed E-state index contributed by atoms with van der Waals surface area (Å²) in [5.41, 5.74) is 7.85. The van der Waals surface area contributed by atoms with E-state index in [0.717, 1.165) is 22.7 Å². The number of carbonyl (C=O) groups is 1. The molecular weight excluding hydrogens is 318 g/mol. The van der Waals surface area contributed by atoms with Gasteiger partial charge in [-0.2, -0.15) is 0 Å². The zero-order valence-corrected chi connectivity index (χ0v) is 14.4. The quantitative estimate of drug-likeness (QED) is 0.850. The standard InChI is InChI=1S/C16H21N3OS.ClH/c1-11(12(2)17)15(20)18-9-8-14-10-21-16(19-14)13-6-4-3-5-7-13;/h3-7,10-12H,8-9,17H2,1-2H3,(H,18,20);1H. The first kappa shape index (κ1) is 18.6. The molecule has 1 heterocycles. The number of benzene rings is 1. The molecule has 0 radical (unpaired) electrons. The molecule has 2 unspecified atom stereocenters. The summed E-state index contributed by atoms with van der Waals surface area (Å²) in [7, 11) is 0. The molecule has 1 aromatic heterocycles. The molecule has 0 aliphatic rings. The van der Waals surface area contributed by atoms with E-state index in [4.69, 9.17) is 5.73 Å². The van der Waals surface area contributed by atoms with E-state index in [0.29, 0.717) is 6.54 Å². The van der Waals surface area contributed by atoms with Gasteiger partial charge in [0.05, 0.1) is 5.69 Å². The van der Waals surface area contributed by atoms with Crippen LogP contribution in [-0.4, -0.2) is 23.5 Å². The number of hydrogen-bond acceptors (Lipinski definition) is 4. The number of nitrogens with one attached hydrogen (secondary N) is 1.